The van der Waals surface area contributed by atoms with E-state index in [0.29, 0.717) is 12.0 Å². The van der Waals surface area contributed by atoms with Crippen LogP contribution in [0, 0.1) is 0 Å². The van der Waals surface area contributed by atoms with Crippen molar-refractivity contribution in [2.75, 3.05) is 0 Å². The second kappa shape index (κ2) is 6.44. The normalized spacial score (nSPS) is 11.1. The van der Waals surface area contributed by atoms with Crippen molar-refractivity contribution in [3.8, 4) is 6.01 Å². The number of benzene rings is 1. The lowest BCUT2D eigenvalue weighted by Crippen LogP contribution is -2.15. The summed E-state index contributed by atoms with van der Waals surface area (Å²) in [4.78, 5) is 35.0. The van der Waals surface area contributed by atoms with Crippen molar-refractivity contribution < 1.29 is 9.15 Å². The second-order valence-corrected chi connectivity index (χ2v) is 5.76. The number of hydrogen-bond donors (Lipinski definition) is 1. The van der Waals surface area contributed by atoms with E-state index in [-0.39, 0.29) is 23.7 Å². The Labute approximate surface area is 147 Å². The molecule has 7 heteroatoms. The summed E-state index contributed by atoms with van der Waals surface area (Å²) in [5.74, 6) is 0. The van der Waals surface area contributed by atoms with Gasteiger partial charge in [-0.3, -0.25) is 14.8 Å². The zero-order valence-corrected chi connectivity index (χ0v) is 14.0. The molecule has 0 radical (unpaired) electrons. The van der Waals surface area contributed by atoms with Gasteiger partial charge >= 0.3 is 5.63 Å². The van der Waals surface area contributed by atoms with E-state index in [0.717, 1.165) is 16.5 Å². The van der Waals surface area contributed by atoms with Crippen molar-refractivity contribution in [2.45, 2.75) is 20.0 Å². The third-order valence-corrected chi connectivity index (χ3v) is 4.16. The molecule has 4 aromatic rings. The highest BCUT2D eigenvalue weighted by Crippen LogP contribution is 2.18. The quantitative estimate of drug-likeness (QED) is 0.608. The molecule has 0 amide bonds. The van der Waals surface area contributed by atoms with Crippen LogP contribution in [0.3, 0.4) is 0 Å². The lowest BCUT2D eigenvalue weighted by atomic mass is 10.1. The highest BCUT2D eigenvalue weighted by Gasteiger charge is 2.13. The van der Waals surface area contributed by atoms with Gasteiger partial charge in [0.1, 0.15) is 12.0 Å². The van der Waals surface area contributed by atoms with E-state index < -0.39 is 11.2 Å². The average Bonchev–Trinajstić information content (AvgIpc) is 2.65. The molecule has 3 aromatic heterocycles. The number of pyridine rings is 1. The van der Waals surface area contributed by atoms with Gasteiger partial charge < -0.3 is 9.15 Å². The van der Waals surface area contributed by atoms with Gasteiger partial charge in [0.25, 0.3) is 11.6 Å². The third-order valence-electron chi connectivity index (χ3n) is 4.16. The first-order valence-corrected chi connectivity index (χ1v) is 8.18. The van der Waals surface area contributed by atoms with Crippen LogP contribution >= 0.6 is 0 Å². The summed E-state index contributed by atoms with van der Waals surface area (Å²) in [5.41, 5.74) is 0.325. The monoisotopic (exact) mass is 349 g/mol. The van der Waals surface area contributed by atoms with Gasteiger partial charge in [0.15, 0.2) is 0 Å². The van der Waals surface area contributed by atoms with Gasteiger partial charge in [-0.25, -0.2) is 4.79 Å². The predicted octanol–water partition coefficient (Wildman–Crippen LogP) is 2.57. The van der Waals surface area contributed by atoms with Crippen molar-refractivity contribution in [2.24, 2.45) is 0 Å². The predicted molar refractivity (Wildman–Crippen MR) is 96.4 cm³/mol. The average molecular weight is 349 g/mol. The smallest absolute Gasteiger partial charge is 0.337 e. The zero-order chi connectivity index (χ0) is 18.1. The number of fused-ring (bicyclic) bond motifs is 2. The number of nitrogens with one attached hydrogen (secondary N) is 1. The molecule has 0 spiro atoms. The lowest BCUT2D eigenvalue weighted by Gasteiger charge is -2.08. The first-order valence-electron chi connectivity index (χ1n) is 8.18. The van der Waals surface area contributed by atoms with E-state index in [1.165, 1.54) is 6.07 Å². The summed E-state index contributed by atoms with van der Waals surface area (Å²) >= 11 is 0. The fourth-order valence-corrected chi connectivity index (χ4v) is 2.91. The third kappa shape index (κ3) is 2.83. The number of aromatic nitrogens is 3. The number of nitrogens with zero attached hydrogens (tertiary/aromatic N) is 2. The first kappa shape index (κ1) is 16.0. The van der Waals surface area contributed by atoms with Crippen LogP contribution in [0.15, 0.2) is 56.6 Å². The van der Waals surface area contributed by atoms with Gasteiger partial charge in [-0.05, 0) is 23.4 Å². The molecule has 7 nitrogen and oxygen atoms in total. The number of rotatable bonds is 4. The Hall–Kier alpha value is -3.48. The Morgan fingerprint density at radius 1 is 1.19 bits per heavy atom. The van der Waals surface area contributed by atoms with E-state index in [1.54, 1.807) is 6.20 Å². The van der Waals surface area contributed by atoms with Crippen molar-refractivity contribution in [1.82, 2.24) is 15.0 Å². The van der Waals surface area contributed by atoms with Crippen LogP contribution in [0.25, 0.3) is 21.9 Å². The van der Waals surface area contributed by atoms with Gasteiger partial charge in [-0.1, -0.05) is 31.2 Å². The van der Waals surface area contributed by atoms with Crippen molar-refractivity contribution in [3.05, 3.63) is 74.6 Å². The summed E-state index contributed by atoms with van der Waals surface area (Å²) in [6.45, 7) is 1.97. The SMILES string of the molecule is CCc1cc(=O)oc2nc(OCc3nccc4ccccc34)[nH]c(=O)c12. The first-order chi connectivity index (χ1) is 12.7. The van der Waals surface area contributed by atoms with Crippen molar-refractivity contribution in [3.63, 3.8) is 0 Å². The molecule has 0 bridgehead atoms. The number of H-pyrrole nitrogens is 1. The van der Waals surface area contributed by atoms with Crippen LogP contribution in [0.1, 0.15) is 18.2 Å². The van der Waals surface area contributed by atoms with E-state index in [1.807, 2.05) is 37.3 Å². The summed E-state index contributed by atoms with van der Waals surface area (Å²) in [6.07, 6.45) is 2.22. The van der Waals surface area contributed by atoms with Crippen molar-refractivity contribution in [1.29, 1.82) is 0 Å². The molecule has 0 fully saturated rings. The summed E-state index contributed by atoms with van der Waals surface area (Å²) in [6, 6.07) is 11.0. The number of aryl methyl sites for hydroxylation is 1. The molecular formula is C19H15N3O4. The molecule has 1 N–H and O–H groups in total. The van der Waals surface area contributed by atoms with Crippen LogP contribution < -0.4 is 15.9 Å². The molecule has 26 heavy (non-hydrogen) atoms. The Bertz CT molecular complexity index is 1220. The largest absolute Gasteiger partial charge is 0.458 e. The van der Waals surface area contributed by atoms with Gasteiger partial charge in [0.2, 0.25) is 5.71 Å². The molecule has 3 heterocycles. The fourth-order valence-electron chi connectivity index (χ4n) is 2.91. The Morgan fingerprint density at radius 2 is 2.04 bits per heavy atom. The Balaban J connectivity index is 1.72. The van der Waals surface area contributed by atoms with Crippen LogP contribution in [-0.2, 0) is 13.0 Å². The van der Waals surface area contributed by atoms with Crippen LogP contribution in [-0.4, -0.2) is 15.0 Å². The summed E-state index contributed by atoms with van der Waals surface area (Å²) < 4.78 is 10.7. The van der Waals surface area contributed by atoms with Gasteiger partial charge in [-0.15, -0.1) is 0 Å². The Kier molecular flexibility index (Phi) is 3.96. The minimum Gasteiger partial charge on any atom is -0.458 e. The molecule has 1 aromatic carbocycles. The van der Waals surface area contributed by atoms with E-state index >= 15 is 0 Å². The summed E-state index contributed by atoms with van der Waals surface area (Å²) in [7, 11) is 0. The van der Waals surface area contributed by atoms with E-state index in [4.69, 9.17) is 9.15 Å². The number of aromatic amines is 1. The maximum Gasteiger partial charge on any atom is 0.337 e. The molecule has 0 unspecified atom stereocenters. The highest BCUT2D eigenvalue weighted by atomic mass is 16.5. The molecule has 0 saturated heterocycles. The number of ether oxygens (including phenoxy) is 1. The standard InChI is InChI=1S/C19H15N3O4/c1-2-11-9-15(23)26-18-16(11)17(24)21-19(22-18)25-10-14-13-6-4-3-5-12(13)7-8-20-14/h3-9H,2,10H2,1H3,(H,21,22,24). The topological polar surface area (TPSA) is 98.1 Å². The molecule has 130 valence electrons. The fraction of sp³-hybridized carbons (Fsp3) is 0.158. The second-order valence-electron chi connectivity index (χ2n) is 5.76. The minimum atomic E-state index is -0.547. The minimum absolute atomic E-state index is 0.0198. The highest BCUT2D eigenvalue weighted by molar-refractivity contribution is 5.84. The molecular weight excluding hydrogens is 334 g/mol. The van der Waals surface area contributed by atoms with Crippen LogP contribution in [0.4, 0.5) is 0 Å². The summed E-state index contributed by atoms with van der Waals surface area (Å²) in [5, 5.41) is 2.26. The number of hydrogen-bond acceptors (Lipinski definition) is 6. The van der Waals surface area contributed by atoms with Gasteiger partial charge in [-0.2, -0.15) is 4.98 Å². The molecule has 0 aliphatic carbocycles. The lowest BCUT2D eigenvalue weighted by molar-refractivity contribution is 0.277. The van der Waals surface area contributed by atoms with E-state index in [9.17, 15) is 9.59 Å². The zero-order valence-electron chi connectivity index (χ0n) is 14.0. The molecule has 0 aliphatic heterocycles. The Morgan fingerprint density at radius 3 is 2.88 bits per heavy atom. The molecule has 0 aliphatic rings. The molecule has 0 atom stereocenters. The van der Waals surface area contributed by atoms with Gasteiger partial charge in [0, 0.05) is 17.6 Å². The van der Waals surface area contributed by atoms with Crippen LogP contribution in [0.2, 0.25) is 0 Å². The van der Waals surface area contributed by atoms with E-state index in [2.05, 4.69) is 15.0 Å². The van der Waals surface area contributed by atoms with Crippen LogP contribution in [0.5, 0.6) is 6.01 Å². The molecule has 0 saturated carbocycles. The maximum absolute atomic E-state index is 12.4. The molecule has 4 rings (SSSR count). The van der Waals surface area contributed by atoms with Crippen molar-refractivity contribution >= 4 is 21.9 Å². The van der Waals surface area contributed by atoms with Gasteiger partial charge in [0.05, 0.1) is 5.69 Å². The maximum atomic E-state index is 12.4.